The molecule has 5 aromatic rings. The van der Waals surface area contributed by atoms with Crippen molar-refractivity contribution in [3.8, 4) is 11.4 Å². The van der Waals surface area contributed by atoms with Crippen molar-refractivity contribution in [1.82, 2.24) is 23.5 Å². The van der Waals surface area contributed by atoms with E-state index in [0.717, 1.165) is 43.3 Å². The molecule has 2 aromatic heterocycles. The summed E-state index contributed by atoms with van der Waals surface area (Å²) in [5, 5.41) is 1.00. The zero-order valence-corrected chi connectivity index (χ0v) is 29.5. The van der Waals surface area contributed by atoms with E-state index in [1.807, 2.05) is 67.1 Å². The fourth-order valence-electron chi connectivity index (χ4n) is 6.71. The van der Waals surface area contributed by atoms with Gasteiger partial charge in [0.15, 0.2) is 0 Å². The largest absolute Gasteiger partial charge is 0.491 e. The molecule has 0 radical (unpaired) electrons. The molecule has 3 aromatic carbocycles. The van der Waals surface area contributed by atoms with Gasteiger partial charge in [-0.2, -0.15) is 0 Å². The minimum atomic E-state index is -1.11. The van der Waals surface area contributed by atoms with Crippen LogP contribution >= 0.6 is 23.2 Å². The first-order valence-electron chi connectivity index (χ1n) is 16.8. The van der Waals surface area contributed by atoms with Crippen LogP contribution in [0, 0.1) is 0 Å². The first-order valence-corrected chi connectivity index (χ1v) is 17.5. The Balaban J connectivity index is 0.939. The van der Waals surface area contributed by atoms with Crippen molar-refractivity contribution in [2.45, 2.75) is 45.4 Å². The monoisotopic (exact) mass is 719 g/mol. The third-order valence-electron chi connectivity index (χ3n) is 9.26. The van der Waals surface area contributed by atoms with Crippen LogP contribution in [-0.2, 0) is 34.9 Å². The van der Waals surface area contributed by atoms with Gasteiger partial charge < -0.3 is 28.6 Å². The van der Waals surface area contributed by atoms with Crippen molar-refractivity contribution in [3.05, 3.63) is 122 Å². The molecule has 0 N–H and O–H groups in total. The molecule has 7 rings (SSSR count). The number of anilines is 2. The molecule has 2 fully saturated rings. The Hall–Kier alpha value is -4.49. The molecule has 0 bridgehead atoms. The zero-order valence-electron chi connectivity index (χ0n) is 28.0. The number of nitrogens with zero attached hydrogens (tertiary/aromatic N) is 7. The lowest BCUT2D eigenvalue weighted by atomic mass is 10.1. The number of rotatable bonds is 11. The second-order valence-corrected chi connectivity index (χ2v) is 13.1. The molecule has 2 saturated heterocycles. The summed E-state index contributed by atoms with van der Waals surface area (Å²) in [6.45, 7) is 8.98. The van der Waals surface area contributed by atoms with Crippen LogP contribution in [0.4, 0.5) is 11.4 Å². The number of halogens is 2. The van der Waals surface area contributed by atoms with E-state index >= 15 is 0 Å². The summed E-state index contributed by atoms with van der Waals surface area (Å²) in [6.07, 6.45) is 4.95. The van der Waals surface area contributed by atoms with E-state index < -0.39 is 5.79 Å². The highest BCUT2D eigenvalue weighted by molar-refractivity contribution is 6.35. The topological polar surface area (TPSA) is 101 Å². The van der Waals surface area contributed by atoms with Crippen LogP contribution in [0.5, 0.6) is 5.75 Å². The van der Waals surface area contributed by atoms with Crippen LogP contribution in [-0.4, -0.2) is 69.0 Å². The minimum Gasteiger partial charge on any atom is -0.491 e. The van der Waals surface area contributed by atoms with Crippen LogP contribution in [0.15, 0.2) is 95.0 Å². The fraction of sp³-hybridized carbons (Fsp3) is 0.361. The molecular weight excluding hydrogens is 681 g/mol. The predicted molar refractivity (Wildman–Crippen MR) is 193 cm³/mol. The SMILES string of the molecule is CCn1c(=O)n(-c2ccc(N3CCN(c4ccc(OCC5COC(Cn6ccnc6)(c6ccc(Cl)cc6Cl)O5)cc4)CC3)cc2)c(=O)n1CC. The maximum Gasteiger partial charge on any atom is 0.351 e. The number of piperazine rings is 1. The van der Waals surface area contributed by atoms with E-state index in [1.54, 1.807) is 24.7 Å². The fourth-order valence-corrected chi connectivity index (χ4v) is 7.26. The summed E-state index contributed by atoms with van der Waals surface area (Å²) in [5.41, 5.74) is 2.81. The standard InChI is InChI=1S/C36H39Cl2N7O5/c1-3-43-34(46)45(35(47)44(43)4-2)29-8-6-27(7-9-29)41-17-19-42(20-18-41)28-10-12-30(13-11-28)48-22-31-23-49-36(50-31,24-40-16-15-39-25-40)32-14-5-26(37)21-33(32)38/h5-16,21,25,31H,3-4,17-20,22-24H2,1-2H3. The van der Waals surface area contributed by atoms with Crippen molar-refractivity contribution >= 4 is 34.6 Å². The van der Waals surface area contributed by atoms with E-state index in [2.05, 4.69) is 26.9 Å². The number of benzene rings is 3. The molecule has 262 valence electrons. The summed E-state index contributed by atoms with van der Waals surface area (Å²) in [5.74, 6) is -0.365. The van der Waals surface area contributed by atoms with Crippen molar-refractivity contribution in [3.63, 3.8) is 0 Å². The second kappa shape index (κ2) is 14.4. The van der Waals surface area contributed by atoms with Gasteiger partial charge in [0.25, 0.3) is 0 Å². The maximum atomic E-state index is 12.9. The second-order valence-electron chi connectivity index (χ2n) is 12.3. The summed E-state index contributed by atoms with van der Waals surface area (Å²) < 4.78 is 25.0. The van der Waals surface area contributed by atoms with Gasteiger partial charge >= 0.3 is 11.4 Å². The lowest BCUT2D eigenvalue weighted by Gasteiger charge is -2.37. The maximum absolute atomic E-state index is 12.9. The lowest BCUT2D eigenvalue weighted by molar-refractivity contribution is -0.189. The van der Waals surface area contributed by atoms with Gasteiger partial charge in [0.2, 0.25) is 5.79 Å². The van der Waals surface area contributed by atoms with Gasteiger partial charge in [0.05, 0.1) is 30.2 Å². The van der Waals surface area contributed by atoms with Crippen molar-refractivity contribution < 1.29 is 14.2 Å². The van der Waals surface area contributed by atoms with Gasteiger partial charge in [0, 0.05) is 73.6 Å². The molecule has 2 unspecified atom stereocenters. The van der Waals surface area contributed by atoms with Gasteiger partial charge in [-0.05, 0) is 74.5 Å². The molecule has 2 aliphatic rings. The van der Waals surface area contributed by atoms with E-state index in [4.69, 9.17) is 37.4 Å². The quantitative estimate of drug-likeness (QED) is 0.188. The van der Waals surface area contributed by atoms with Crippen LogP contribution in [0.2, 0.25) is 10.0 Å². The highest BCUT2D eigenvalue weighted by Crippen LogP contribution is 2.40. The van der Waals surface area contributed by atoms with Gasteiger partial charge in [0.1, 0.15) is 18.5 Å². The van der Waals surface area contributed by atoms with Crippen molar-refractivity contribution in [1.29, 1.82) is 0 Å². The van der Waals surface area contributed by atoms with E-state index in [-0.39, 0.29) is 17.5 Å². The third-order valence-corrected chi connectivity index (χ3v) is 9.80. The molecule has 0 saturated carbocycles. The molecule has 50 heavy (non-hydrogen) atoms. The molecule has 2 atom stereocenters. The number of imidazole rings is 1. The molecule has 4 heterocycles. The number of hydrogen-bond acceptors (Lipinski definition) is 8. The molecule has 2 aliphatic heterocycles. The number of aromatic nitrogens is 5. The Bertz CT molecular complexity index is 2000. The normalized spacial score (nSPS) is 19.3. The molecular formula is C36H39Cl2N7O5. The Morgan fingerprint density at radius 1 is 0.840 bits per heavy atom. The van der Waals surface area contributed by atoms with Crippen LogP contribution in [0.3, 0.4) is 0 Å². The van der Waals surface area contributed by atoms with E-state index in [9.17, 15) is 9.59 Å². The zero-order chi connectivity index (χ0) is 34.8. The molecule has 14 heteroatoms. The van der Waals surface area contributed by atoms with E-state index in [1.165, 1.54) is 13.9 Å². The highest BCUT2D eigenvalue weighted by Gasteiger charge is 2.45. The lowest BCUT2D eigenvalue weighted by Crippen LogP contribution is -2.46. The van der Waals surface area contributed by atoms with Gasteiger partial charge in [-0.25, -0.2) is 28.5 Å². The number of hydrogen-bond donors (Lipinski definition) is 0. The van der Waals surface area contributed by atoms with Crippen LogP contribution < -0.4 is 25.9 Å². The summed E-state index contributed by atoms with van der Waals surface area (Å²) >= 11 is 12.8. The Kier molecular flexibility index (Phi) is 9.78. The van der Waals surface area contributed by atoms with Gasteiger partial charge in [-0.3, -0.25) is 0 Å². The number of ether oxygens (including phenoxy) is 3. The highest BCUT2D eigenvalue weighted by atomic mass is 35.5. The summed E-state index contributed by atoms with van der Waals surface area (Å²) in [6, 6.07) is 21.1. The third kappa shape index (κ3) is 6.68. The Morgan fingerprint density at radius 3 is 2.00 bits per heavy atom. The summed E-state index contributed by atoms with van der Waals surface area (Å²) in [4.78, 5) is 34.6. The summed E-state index contributed by atoms with van der Waals surface area (Å²) in [7, 11) is 0. The van der Waals surface area contributed by atoms with E-state index in [0.29, 0.717) is 54.1 Å². The Morgan fingerprint density at radius 2 is 1.44 bits per heavy atom. The average molecular weight is 721 g/mol. The van der Waals surface area contributed by atoms with Crippen molar-refractivity contribution in [2.24, 2.45) is 0 Å². The molecule has 0 spiro atoms. The first-order chi connectivity index (χ1) is 24.3. The van der Waals surface area contributed by atoms with Gasteiger partial charge in [-0.1, -0.05) is 29.3 Å². The average Bonchev–Trinajstić information content (AvgIpc) is 3.86. The smallest absolute Gasteiger partial charge is 0.351 e. The first kappa shape index (κ1) is 34.0. The Labute approximate surface area is 299 Å². The molecule has 0 aliphatic carbocycles. The molecule has 0 amide bonds. The minimum absolute atomic E-state index is 0.307. The van der Waals surface area contributed by atoms with Crippen molar-refractivity contribution in [2.75, 3.05) is 49.2 Å². The van der Waals surface area contributed by atoms with Crippen LogP contribution in [0.1, 0.15) is 19.4 Å². The molecule has 12 nitrogen and oxygen atoms in total. The predicted octanol–water partition coefficient (Wildman–Crippen LogP) is 5.02. The van der Waals surface area contributed by atoms with Gasteiger partial charge in [-0.15, -0.1) is 0 Å². The van der Waals surface area contributed by atoms with Crippen LogP contribution in [0.25, 0.3) is 5.69 Å².